The highest BCUT2D eigenvalue weighted by atomic mass is 32.3. The summed E-state index contributed by atoms with van der Waals surface area (Å²) in [6.45, 7) is 1.15. The van der Waals surface area contributed by atoms with Crippen molar-refractivity contribution in [3.8, 4) is 0 Å². The van der Waals surface area contributed by atoms with Crippen LogP contribution in [-0.4, -0.2) is 60.0 Å². The largest absolute Gasteiger partial charge is 0.477 e. The Balaban J connectivity index is 2.33. The van der Waals surface area contributed by atoms with Crippen LogP contribution in [0.25, 0.3) is 0 Å². The van der Waals surface area contributed by atoms with Gasteiger partial charge in [-0.25, -0.2) is 8.98 Å². The van der Waals surface area contributed by atoms with Crippen molar-refractivity contribution < 1.29 is 44.8 Å². The summed E-state index contributed by atoms with van der Waals surface area (Å²) in [6, 6.07) is -0.993. The van der Waals surface area contributed by atoms with Gasteiger partial charge < -0.3 is 10.0 Å². The summed E-state index contributed by atoms with van der Waals surface area (Å²) in [4.78, 5) is 22.9. The molecule has 2 aliphatic heterocycles. The molecule has 124 valence electrons. The van der Waals surface area contributed by atoms with E-state index in [1.165, 1.54) is 0 Å². The van der Waals surface area contributed by atoms with Crippen molar-refractivity contribution in [2.75, 3.05) is 0 Å². The quantitative estimate of drug-likeness (QED) is 0.392. The Bertz CT molecular complexity index is 779. The molecule has 1 amide bonds. The Morgan fingerprint density at radius 1 is 1.32 bits per heavy atom. The number of carboxylic acids is 1. The summed E-state index contributed by atoms with van der Waals surface area (Å²) >= 11 is 0. The van der Waals surface area contributed by atoms with Gasteiger partial charge in [0.2, 0.25) is 5.91 Å². The van der Waals surface area contributed by atoms with Crippen molar-refractivity contribution in [3.63, 3.8) is 0 Å². The van der Waals surface area contributed by atoms with Crippen LogP contribution in [0.15, 0.2) is 10.6 Å². The highest BCUT2D eigenvalue weighted by Crippen LogP contribution is 2.45. The van der Waals surface area contributed by atoms with E-state index in [-0.39, 0.29) is 0 Å². The number of hydrogen-bond acceptors (Lipinski definition) is 7. The maximum atomic E-state index is 12.0. The molecule has 0 saturated carbocycles. The number of β-lactam (4-membered cyclic amide) rings is 1. The second-order valence-corrected chi connectivity index (χ2v) is 7.28. The number of carboxylic acid groups (broad SMARTS) is 1. The van der Waals surface area contributed by atoms with Crippen molar-refractivity contribution in [1.29, 1.82) is 0 Å². The van der Waals surface area contributed by atoms with Crippen molar-refractivity contribution in [2.24, 2.45) is 5.92 Å². The van der Waals surface area contributed by atoms with Gasteiger partial charge in [0.05, 0.1) is 18.1 Å². The third-order valence-electron chi connectivity index (χ3n) is 3.46. The van der Waals surface area contributed by atoms with Gasteiger partial charge in [-0.1, -0.05) is 0 Å². The van der Waals surface area contributed by atoms with Crippen LogP contribution in [0.3, 0.4) is 0 Å². The number of carbonyl (C=O) groups is 2. The third-order valence-corrected chi connectivity index (χ3v) is 4.99. The molecule has 2 rings (SSSR count). The van der Waals surface area contributed by atoms with Crippen LogP contribution >= 0.6 is 0 Å². The molecule has 0 spiro atoms. The first-order chi connectivity index (χ1) is 9.84. The van der Waals surface area contributed by atoms with Crippen LogP contribution in [0.4, 0.5) is 0 Å². The molecule has 1 saturated heterocycles. The van der Waals surface area contributed by atoms with Crippen molar-refractivity contribution >= 4 is 32.4 Å². The van der Waals surface area contributed by atoms with Crippen LogP contribution in [0, 0.1) is 5.92 Å². The minimum Gasteiger partial charge on any atom is -0.477 e. The lowest BCUT2D eigenvalue weighted by Crippen LogP contribution is -2.62. The maximum absolute atomic E-state index is 12.0. The molecule has 0 aliphatic carbocycles. The highest BCUT2D eigenvalue weighted by molar-refractivity contribution is 7.89. The molecule has 0 aromatic heterocycles. The fourth-order valence-corrected chi connectivity index (χ4v) is 4.01. The number of nitrogens with zero attached hydrogens (tertiary/aromatic N) is 1. The predicted octanol–water partition coefficient (Wildman–Crippen LogP) is -1.39. The molecule has 3 atom stereocenters. The van der Waals surface area contributed by atoms with E-state index in [9.17, 15) is 26.4 Å². The van der Waals surface area contributed by atoms with E-state index in [2.05, 4.69) is 4.18 Å². The zero-order valence-corrected chi connectivity index (χ0v) is 12.5. The molecule has 11 nitrogen and oxygen atoms in total. The van der Waals surface area contributed by atoms with E-state index >= 15 is 0 Å². The van der Waals surface area contributed by atoms with Crippen molar-refractivity contribution in [2.45, 2.75) is 25.5 Å². The fraction of sp³-hybridized carbons (Fsp3) is 0.556. The summed E-state index contributed by atoms with van der Waals surface area (Å²) in [7, 11) is -9.67. The van der Waals surface area contributed by atoms with Crippen molar-refractivity contribution in [3.05, 3.63) is 10.6 Å². The SMILES string of the molecule is C[C@H](OS(=O)(=O)O)C1C(=O)N2C(C(=O)O)=C(S(=O)(=O)O)C[C@H]12. The molecule has 1 fully saturated rings. The average molecular weight is 357 g/mol. The lowest BCUT2D eigenvalue weighted by molar-refractivity contribution is -0.160. The lowest BCUT2D eigenvalue weighted by atomic mass is 9.83. The zero-order chi connectivity index (χ0) is 17.0. The molecule has 2 aliphatic rings. The molecule has 2 heterocycles. The fourth-order valence-electron chi connectivity index (χ4n) is 2.70. The first-order valence-electron chi connectivity index (χ1n) is 5.77. The minimum atomic E-state index is -4.84. The first-order valence-corrected chi connectivity index (χ1v) is 8.58. The number of rotatable bonds is 5. The second-order valence-electron chi connectivity index (χ2n) is 4.79. The summed E-state index contributed by atoms with van der Waals surface area (Å²) in [5.41, 5.74) is -0.868. The monoisotopic (exact) mass is 357 g/mol. The van der Waals surface area contributed by atoms with Crippen LogP contribution < -0.4 is 0 Å². The summed E-state index contributed by atoms with van der Waals surface area (Å²) in [5.74, 6) is -3.77. The zero-order valence-electron chi connectivity index (χ0n) is 10.9. The van der Waals surface area contributed by atoms with E-state index in [0.717, 1.165) is 6.92 Å². The van der Waals surface area contributed by atoms with Crippen LogP contribution in [0.5, 0.6) is 0 Å². The molecular formula is C9H11NO10S2. The van der Waals surface area contributed by atoms with Gasteiger partial charge in [0, 0.05) is 6.42 Å². The number of amides is 1. The number of fused-ring (bicyclic) bond motifs is 1. The molecular weight excluding hydrogens is 346 g/mol. The van der Waals surface area contributed by atoms with Gasteiger partial charge >= 0.3 is 16.4 Å². The molecule has 1 unspecified atom stereocenters. The minimum absolute atomic E-state index is 0.490. The summed E-state index contributed by atoms with van der Waals surface area (Å²) < 4.78 is 65.6. The number of carbonyl (C=O) groups excluding carboxylic acids is 1. The maximum Gasteiger partial charge on any atom is 0.397 e. The molecule has 0 aromatic carbocycles. The average Bonchev–Trinajstić information content (AvgIpc) is 2.61. The van der Waals surface area contributed by atoms with Crippen LogP contribution in [0.2, 0.25) is 0 Å². The van der Waals surface area contributed by atoms with E-state index in [0.29, 0.717) is 4.90 Å². The molecule has 22 heavy (non-hydrogen) atoms. The normalized spacial score (nSPS) is 26.7. The predicted molar refractivity (Wildman–Crippen MR) is 67.0 cm³/mol. The Hall–Kier alpha value is -1.54. The van der Waals surface area contributed by atoms with Gasteiger partial charge in [0.25, 0.3) is 10.1 Å². The van der Waals surface area contributed by atoms with E-state index in [4.69, 9.17) is 14.2 Å². The van der Waals surface area contributed by atoms with Gasteiger partial charge in [-0.05, 0) is 6.92 Å². The Kier molecular flexibility index (Phi) is 3.81. The standard InChI is InChI=1S/C9H11NO10S2/c1-3(20-22(17,18)19)6-4-2-5(21(14,15)16)7(9(12)13)10(4)8(6)11/h3-4,6H,2H2,1H3,(H,12,13)(H,14,15,16)(H,17,18,19)/t3-,4+,6?/m0/s1. The van der Waals surface area contributed by atoms with E-state index < -0.39 is 67.5 Å². The molecule has 0 radical (unpaired) electrons. The Labute approximate surface area is 124 Å². The second kappa shape index (κ2) is 4.99. The highest BCUT2D eigenvalue weighted by Gasteiger charge is 2.59. The number of hydrogen-bond donors (Lipinski definition) is 3. The van der Waals surface area contributed by atoms with Crippen LogP contribution in [-0.2, 0) is 34.3 Å². The lowest BCUT2D eigenvalue weighted by Gasteiger charge is -2.45. The van der Waals surface area contributed by atoms with Gasteiger partial charge in [0.15, 0.2) is 0 Å². The molecule has 13 heteroatoms. The van der Waals surface area contributed by atoms with Gasteiger partial charge in [-0.2, -0.15) is 16.8 Å². The van der Waals surface area contributed by atoms with Gasteiger partial charge in [-0.15, -0.1) is 0 Å². The number of aliphatic carboxylic acids is 1. The summed E-state index contributed by atoms with van der Waals surface area (Å²) in [6.07, 6.45) is -1.82. The van der Waals surface area contributed by atoms with Gasteiger partial charge in [0.1, 0.15) is 10.6 Å². The van der Waals surface area contributed by atoms with Crippen LogP contribution in [0.1, 0.15) is 13.3 Å². The van der Waals surface area contributed by atoms with E-state index in [1.54, 1.807) is 0 Å². The third kappa shape index (κ3) is 2.72. The van der Waals surface area contributed by atoms with Gasteiger partial charge in [-0.3, -0.25) is 13.9 Å². The smallest absolute Gasteiger partial charge is 0.397 e. The topological polar surface area (TPSA) is 176 Å². The van der Waals surface area contributed by atoms with E-state index in [1.807, 2.05) is 0 Å². The summed E-state index contributed by atoms with van der Waals surface area (Å²) in [5, 5.41) is 9.00. The van der Waals surface area contributed by atoms with Crippen molar-refractivity contribution in [1.82, 2.24) is 4.90 Å². The molecule has 0 aromatic rings. The Morgan fingerprint density at radius 3 is 2.27 bits per heavy atom. The Morgan fingerprint density at radius 2 is 1.86 bits per heavy atom. The molecule has 0 bridgehead atoms. The molecule has 3 N–H and O–H groups in total. The first kappa shape index (κ1) is 16.8.